The maximum atomic E-state index is 13.2. The molecule has 0 radical (unpaired) electrons. The van der Waals surface area contributed by atoms with E-state index in [1.807, 2.05) is 20.8 Å². The summed E-state index contributed by atoms with van der Waals surface area (Å²) in [5, 5.41) is 9.51. The van der Waals surface area contributed by atoms with Crippen LogP contribution in [0.1, 0.15) is 62.6 Å². The van der Waals surface area contributed by atoms with Crippen LogP contribution in [-0.2, 0) is 15.1 Å². The lowest BCUT2D eigenvalue weighted by atomic mass is 9.82. The van der Waals surface area contributed by atoms with Crippen molar-refractivity contribution >= 4 is 12.5 Å². The number of hydrogen-bond acceptors (Lipinski definition) is 4. The third-order valence-corrected chi connectivity index (χ3v) is 7.45. The lowest BCUT2D eigenvalue weighted by Gasteiger charge is -2.33. The summed E-state index contributed by atoms with van der Waals surface area (Å²) < 4.78 is 96.8. The summed E-state index contributed by atoms with van der Waals surface area (Å²) in [6, 6.07) is 8.81. The molecule has 3 atom stereocenters. The van der Waals surface area contributed by atoms with Crippen LogP contribution < -0.4 is 0 Å². The van der Waals surface area contributed by atoms with Gasteiger partial charge in [0.25, 0.3) is 5.60 Å². The van der Waals surface area contributed by atoms with Crippen molar-refractivity contribution in [3.05, 3.63) is 71.0 Å². The van der Waals surface area contributed by atoms with Crippen LogP contribution in [0.3, 0.4) is 0 Å². The summed E-state index contributed by atoms with van der Waals surface area (Å²) >= 11 is 0. The maximum absolute atomic E-state index is 13.2. The first-order valence-corrected chi connectivity index (χ1v) is 13.7. The summed E-state index contributed by atoms with van der Waals surface area (Å²) in [6.45, 7) is 9.97. The second-order valence-corrected chi connectivity index (χ2v) is 12.0. The zero-order valence-corrected chi connectivity index (χ0v) is 24.2. The number of nitrogens with zero attached hydrogens (tertiary/aromatic N) is 2. The normalized spacial score (nSPS) is 21.3. The fourth-order valence-corrected chi connectivity index (χ4v) is 5.19. The van der Waals surface area contributed by atoms with Gasteiger partial charge in [0.1, 0.15) is 11.4 Å². The Bertz CT molecular complexity index is 1230. The Morgan fingerprint density at radius 2 is 1.33 bits per heavy atom. The van der Waals surface area contributed by atoms with Crippen LogP contribution in [0, 0.1) is 11.7 Å². The van der Waals surface area contributed by atoms with Crippen LogP contribution in [-0.4, -0.2) is 71.5 Å². The fourth-order valence-electron chi connectivity index (χ4n) is 5.19. The Labute approximate surface area is 245 Å². The number of hydrogen-bond donors (Lipinski definition) is 1. The highest BCUT2D eigenvalue weighted by Crippen LogP contribution is 2.50. The second-order valence-electron chi connectivity index (χ2n) is 12.0. The molecule has 6 nitrogen and oxygen atoms in total. The first-order chi connectivity index (χ1) is 19.8. The van der Waals surface area contributed by atoms with E-state index in [-0.39, 0.29) is 30.7 Å². The molecule has 0 saturated carbocycles. The zero-order valence-electron chi connectivity index (χ0n) is 24.2. The summed E-state index contributed by atoms with van der Waals surface area (Å²) in [5.74, 6) is -0.610. The molecule has 1 N–H and O–H groups in total. The van der Waals surface area contributed by atoms with Gasteiger partial charge in [-0.3, -0.25) is 4.79 Å². The molecule has 0 spiro atoms. The van der Waals surface area contributed by atoms with Gasteiger partial charge in [-0.15, -0.1) is 0 Å². The smallest absolute Gasteiger partial charge is 0.430 e. The van der Waals surface area contributed by atoms with E-state index in [1.165, 1.54) is 29.2 Å². The van der Waals surface area contributed by atoms with Crippen molar-refractivity contribution in [2.75, 3.05) is 26.2 Å². The number of amides is 2. The highest BCUT2D eigenvalue weighted by Gasteiger charge is 2.71. The molecule has 2 saturated heterocycles. The number of halogens is 7. The van der Waals surface area contributed by atoms with Crippen LogP contribution in [0.15, 0.2) is 48.5 Å². The van der Waals surface area contributed by atoms with Gasteiger partial charge in [-0.2, -0.15) is 26.3 Å². The number of carbonyl (C=O) groups excluding carboxylic acids is 2. The van der Waals surface area contributed by atoms with E-state index in [9.17, 15) is 45.4 Å². The average molecular weight is 621 g/mol. The van der Waals surface area contributed by atoms with Gasteiger partial charge in [0.15, 0.2) is 0 Å². The lowest BCUT2D eigenvalue weighted by Crippen LogP contribution is -2.53. The fraction of sp³-hybridized carbons (Fsp3) is 0.533. The SMILES string of the molecule is CC1CCN(C(=O)OC(C)(C)C)C1.O=CN1CC(c2ccc(F)cc2)C(c2ccc(C(O)(C(F)(F)F)C(F)(F)F)cc2)C1. The minimum Gasteiger partial charge on any atom is -0.444 e. The van der Waals surface area contributed by atoms with Crippen molar-refractivity contribution in [1.29, 1.82) is 0 Å². The van der Waals surface area contributed by atoms with E-state index < -0.39 is 35.3 Å². The van der Waals surface area contributed by atoms with Crippen LogP contribution in [0.2, 0.25) is 0 Å². The van der Waals surface area contributed by atoms with Crippen LogP contribution in [0.4, 0.5) is 35.5 Å². The number of likely N-dealkylation sites (tertiary alicyclic amines) is 2. The van der Waals surface area contributed by atoms with E-state index >= 15 is 0 Å². The molecule has 2 aromatic carbocycles. The highest BCUT2D eigenvalue weighted by molar-refractivity contribution is 5.68. The molecule has 13 heteroatoms. The Morgan fingerprint density at radius 3 is 1.70 bits per heavy atom. The van der Waals surface area contributed by atoms with Crippen LogP contribution in [0.5, 0.6) is 0 Å². The number of rotatable bonds is 4. The number of aliphatic hydroxyl groups is 1. The van der Waals surface area contributed by atoms with Gasteiger partial charge in [-0.1, -0.05) is 43.3 Å². The van der Waals surface area contributed by atoms with E-state index in [0.717, 1.165) is 31.6 Å². The summed E-state index contributed by atoms with van der Waals surface area (Å²) in [5.41, 5.74) is -5.65. The molecular weight excluding hydrogens is 585 g/mol. The molecule has 2 fully saturated rings. The van der Waals surface area contributed by atoms with Crippen molar-refractivity contribution in [1.82, 2.24) is 9.80 Å². The minimum absolute atomic E-state index is 0.170. The first-order valence-electron chi connectivity index (χ1n) is 13.7. The lowest BCUT2D eigenvalue weighted by molar-refractivity contribution is -0.376. The van der Waals surface area contributed by atoms with Crippen LogP contribution in [0.25, 0.3) is 0 Å². The largest absolute Gasteiger partial charge is 0.444 e. The zero-order chi connectivity index (χ0) is 32.4. The van der Waals surface area contributed by atoms with E-state index in [2.05, 4.69) is 6.92 Å². The average Bonchev–Trinajstić information content (AvgIpc) is 3.53. The Balaban J connectivity index is 0.000000326. The van der Waals surface area contributed by atoms with Gasteiger partial charge in [-0.05, 0) is 56.4 Å². The van der Waals surface area contributed by atoms with Crippen LogP contribution >= 0.6 is 0 Å². The second kappa shape index (κ2) is 12.7. The van der Waals surface area contributed by atoms with Crippen molar-refractivity contribution in [3.63, 3.8) is 0 Å². The van der Waals surface area contributed by atoms with Gasteiger partial charge < -0.3 is 19.6 Å². The van der Waals surface area contributed by atoms with Gasteiger partial charge in [0.05, 0.1) is 0 Å². The minimum atomic E-state index is -5.97. The van der Waals surface area contributed by atoms with Gasteiger partial charge in [0, 0.05) is 43.6 Å². The van der Waals surface area contributed by atoms with Gasteiger partial charge in [-0.25, -0.2) is 9.18 Å². The van der Waals surface area contributed by atoms with Crippen molar-refractivity contribution < 1.29 is 50.2 Å². The Hall–Kier alpha value is -3.35. The molecular formula is C30H35F7N2O4. The predicted molar refractivity (Wildman–Crippen MR) is 144 cm³/mol. The maximum Gasteiger partial charge on any atom is 0.430 e. The van der Waals surface area contributed by atoms with Crippen molar-refractivity contribution in [3.8, 4) is 0 Å². The molecule has 2 aromatic rings. The number of alkyl halides is 6. The topological polar surface area (TPSA) is 70.1 Å². The van der Waals surface area contributed by atoms with Crippen molar-refractivity contribution in [2.45, 2.75) is 69.5 Å². The van der Waals surface area contributed by atoms with Gasteiger partial charge >= 0.3 is 18.4 Å². The standard InChI is InChI=1S/C20H16F7NO2.C10H19NO2/c21-15-7-3-13(4-8-15)17-10-28(11-29)9-16(17)12-1-5-14(6-2-12)18(30,19(22,23)24)20(25,26)27;1-8-5-6-11(7-8)9(12)13-10(2,3)4/h1-8,11,16-17,30H,9-10H2;8H,5-7H2,1-4H3. The van der Waals surface area contributed by atoms with Crippen molar-refractivity contribution in [2.24, 2.45) is 5.92 Å². The number of ether oxygens (including phenoxy) is 1. The molecule has 238 valence electrons. The quantitative estimate of drug-likeness (QED) is 0.304. The monoisotopic (exact) mass is 620 g/mol. The molecule has 4 rings (SSSR count). The summed E-state index contributed by atoms with van der Waals surface area (Å²) in [7, 11) is 0. The third-order valence-electron chi connectivity index (χ3n) is 7.45. The molecule has 2 aliphatic heterocycles. The molecule has 3 unspecified atom stereocenters. The number of benzene rings is 2. The highest BCUT2D eigenvalue weighted by atomic mass is 19.4. The molecule has 0 bridgehead atoms. The molecule has 43 heavy (non-hydrogen) atoms. The molecule has 2 aliphatic rings. The molecule has 2 heterocycles. The molecule has 0 aliphatic carbocycles. The molecule has 0 aromatic heterocycles. The molecule has 2 amide bonds. The first kappa shape index (κ1) is 34.1. The number of carbonyl (C=O) groups is 2. The van der Waals surface area contributed by atoms with E-state index in [4.69, 9.17) is 4.74 Å². The van der Waals surface area contributed by atoms with E-state index in [1.54, 1.807) is 4.90 Å². The van der Waals surface area contributed by atoms with E-state index in [0.29, 0.717) is 35.6 Å². The summed E-state index contributed by atoms with van der Waals surface area (Å²) in [6.07, 6.45) is -10.4. The third kappa shape index (κ3) is 7.98. The Kier molecular flexibility index (Phi) is 10.1. The Morgan fingerprint density at radius 1 is 0.860 bits per heavy atom. The predicted octanol–water partition coefficient (Wildman–Crippen LogP) is 6.74. The summed E-state index contributed by atoms with van der Waals surface area (Å²) in [4.78, 5) is 25.9. The van der Waals surface area contributed by atoms with Gasteiger partial charge in [0.2, 0.25) is 6.41 Å².